The Bertz CT molecular complexity index is 695. The van der Waals surface area contributed by atoms with Crippen LogP contribution in [0.5, 0.6) is 0 Å². The van der Waals surface area contributed by atoms with Gasteiger partial charge in [-0.3, -0.25) is 4.79 Å². The first-order chi connectivity index (χ1) is 8.99. The number of aryl methyl sites for hydroxylation is 1. The normalized spacial score (nSPS) is 10.4. The van der Waals surface area contributed by atoms with Crippen LogP contribution < -0.4 is 5.56 Å². The Labute approximate surface area is 107 Å². The summed E-state index contributed by atoms with van der Waals surface area (Å²) in [6.07, 6.45) is 1.49. The SMILES string of the molecule is Cc1cnn(Cc2cccc(C(=O)O)c2F)c(=O)c1. The highest BCUT2D eigenvalue weighted by atomic mass is 19.1. The largest absolute Gasteiger partial charge is 0.478 e. The van der Waals surface area contributed by atoms with Gasteiger partial charge in [-0.1, -0.05) is 12.1 Å². The number of carboxylic acid groups (broad SMARTS) is 1. The monoisotopic (exact) mass is 262 g/mol. The summed E-state index contributed by atoms with van der Waals surface area (Å²) < 4.78 is 15.0. The van der Waals surface area contributed by atoms with Crippen molar-refractivity contribution in [3.05, 3.63) is 63.3 Å². The lowest BCUT2D eigenvalue weighted by Gasteiger charge is -2.07. The van der Waals surface area contributed by atoms with Gasteiger partial charge in [0.25, 0.3) is 5.56 Å². The minimum Gasteiger partial charge on any atom is -0.478 e. The van der Waals surface area contributed by atoms with Gasteiger partial charge in [0.15, 0.2) is 0 Å². The Morgan fingerprint density at radius 2 is 2.21 bits per heavy atom. The third-order valence-corrected chi connectivity index (χ3v) is 2.64. The molecule has 1 aromatic heterocycles. The molecule has 1 heterocycles. The number of rotatable bonds is 3. The highest BCUT2D eigenvalue weighted by Gasteiger charge is 2.14. The van der Waals surface area contributed by atoms with E-state index in [4.69, 9.17) is 5.11 Å². The average Bonchev–Trinajstić information content (AvgIpc) is 2.34. The van der Waals surface area contributed by atoms with Crippen molar-refractivity contribution in [3.8, 4) is 0 Å². The van der Waals surface area contributed by atoms with Gasteiger partial charge in [0, 0.05) is 11.6 Å². The maximum absolute atomic E-state index is 13.9. The zero-order valence-electron chi connectivity index (χ0n) is 10.1. The molecular weight excluding hydrogens is 251 g/mol. The molecular formula is C13H11FN2O3. The number of hydrogen-bond acceptors (Lipinski definition) is 3. The van der Waals surface area contributed by atoms with Crippen molar-refractivity contribution in [2.45, 2.75) is 13.5 Å². The van der Waals surface area contributed by atoms with Gasteiger partial charge in [-0.25, -0.2) is 13.9 Å². The highest BCUT2D eigenvalue weighted by Crippen LogP contribution is 2.13. The lowest BCUT2D eigenvalue weighted by atomic mass is 10.1. The van der Waals surface area contributed by atoms with E-state index in [1.807, 2.05) is 0 Å². The van der Waals surface area contributed by atoms with Gasteiger partial charge in [0.1, 0.15) is 5.82 Å². The summed E-state index contributed by atoms with van der Waals surface area (Å²) >= 11 is 0. The van der Waals surface area contributed by atoms with E-state index in [1.165, 1.54) is 30.5 Å². The predicted octanol–water partition coefficient (Wildman–Crippen LogP) is 1.44. The van der Waals surface area contributed by atoms with Crippen LogP contribution in [-0.2, 0) is 6.54 Å². The lowest BCUT2D eigenvalue weighted by Crippen LogP contribution is -2.23. The molecule has 0 aliphatic rings. The van der Waals surface area contributed by atoms with Crippen LogP contribution in [0, 0.1) is 12.7 Å². The van der Waals surface area contributed by atoms with E-state index in [2.05, 4.69) is 5.10 Å². The first-order valence-electron chi connectivity index (χ1n) is 5.53. The molecule has 0 bridgehead atoms. The van der Waals surface area contributed by atoms with Crippen molar-refractivity contribution in [1.82, 2.24) is 9.78 Å². The van der Waals surface area contributed by atoms with Gasteiger partial charge in [0.2, 0.25) is 0 Å². The predicted molar refractivity (Wildman–Crippen MR) is 65.7 cm³/mol. The Morgan fingerprint density at radius 1 is 1.47 bits per heavy atom. The summed E-state index contributed by atoms with van der Waals surface area (Å²) in [6.45, 7) is 1.62. The summed E-state index contributed by atoms with van der Waals surface area (Å²) in [6, 6.07) is 5.41. The summed E-state index contributed by atoms with van der Waals surface area (Å²) in [7, 11) is 0. The molecule has 0 saturated heterocycles. The molecule has 0 aliphatic heterocycles. The van der Waals surface area contributed by atoms with Crippen LogP contribution in [0.15, 0.2) is 35.3 Å². The van der Waals surface area contributed by atoms with Crippen LogP contribution >= 0.6 is 0 Å². The minimum atomic E-state index is -1.34. The van der Waals surface area contributed by atoms with Crippen molar-refractivity contribution in [2.75, 3.05) is 0 Å². The van der Waals surface area contributed by atoms with Crippen LogP contribution in [0.4, 0.5) is 4.39 Å². The second kappa shape index (κ2) is 5.01. The van der Waals surface area contributed by atoms with Crippen LogP contribution in [0.25, 0.3) is 0 Å². The van der Waals surface area contributed by atoms with E-state index in [0.29, 0.717) is 5.56 Å². The van der Waals surface area contributed by atoms with E-state index in [-0.39, 0.29) is 17.7 Å². The molecule has 2 aromatic rings. The van der Waals surface area contributed by atoms with Crippen molar-refractivity contribution in [3.63, 3.8) is 0 Å². The Hall–Kier alpha value is -2.50. The maximum Gasteiger partial charge on any atom is 0.338 e. The number of benzene rings is 1. The Balaban J connectivity index is 2.41. The number of hydrogen-bond donors (Lipinski definition) is 1. The fraction of sp³-hybridized carbons (Fsp3) is 0.154. The minimum absolute atomic E-state index is 0.105. The average molecular weight is 262 g/mol. The quantitative estimate of drug-likeness (QED) is 0.908. The Morgan fingerprint density at radius 3 is 2.84 bits per heavy atom. The van der Waals surface area contributed by atoms with Gasteiger partial charge in [0.05, 0.1) is 18.3 Å². The van der Waals surface area contributed by atoms with Crippen molar-refractivity contribution < 1.29 is 14.3 Å². The topological polar surface area (TPSA) is 72.2 Å². The van der Waals surface area contributed by atoms with Gasteiger partial charge < -0.3 is 5.11 Å². The van der Waals surface area contributed by atoms with E-state index in [0.717, 1.165) is 4.68 Å². The fourth-order valence-electron chi connectivity index (χ4n) is 1.67. The molecule has 19 heavy (non-hydrogen) atoms. The number of halogens is 1. The second-order valence-electron chi connectivity index (χ2n) is 4.11. The van der Waals surface area contributed by atoms with Crippen LogP contribution in [0.3, 0.4) is 0 Å². The third-order valence-electron chi connectivity index (χ3n) is 2.64. The number of carbonyl (C=O) groups is 1. The maximum atomic E-state index is 13.9. The molecule has 1 N–H and O–H groups in total. The van der Waals surface area contributed by atoms with E-state index in [1.54, 1.807) is 6.92 Å². The molecule has 6 heteroatoms. The molecule has 1 aromatic carbocycles. The van der Waals surface area contributed by atoms with Crippen molar-refractivity contribution in [1.29, 1.82) is 0 Å². The van der Waals surface area contributed by atoms with Gasteiger partial charge in [-0.15, -0.1) is 0 Å². The zero-order chi connectivity index (χ0) is 14.0. The standard InChI is InChI=1S/C13H11FN2O3/c1-8-5-11(17)16(15-6-8)7-9-3-2-4-10(12(9)14)13(18)19/h2-6H,7H2,1H3,(H,18,19). The highest BCUT2D eigenvalue weighted by molar-refractivity contribution is 5.88. The van der Waals surface area contributed by atoms with E-state index < -0.39 is 17.3 Å². The number of nitrogens with zero attached hydrogens (tertiary/aromatic N) is 2. The summed E-state index contributed by atoms with van der Waals surface area (Å²) in [5.41, 5.74) is 0.0390. The summed E-state index contributed by atoms with van der Waals surface area (Å²) in [5, 5.41) is 12.7. The molecule has 5 nitrogen and oxygen atoms in total. The van der Waals surface area contributed by atoms with E-state index in [9.17, 15) is 14.0 Å². The molecule has 98 valence electrons. The van der Waals surface area contributed by atoms with Crippen LogP contribution in [-0.4, -0.2) is 20.9 Å². The van der Waals surface area contributed by atoms with Gasteiger partial charge in [-0.05, 0) is 18.6 Å². The summed E-state index contributed by atoms with van der Waals surface area (Å²) in [4.78, 5) is 22.5. The molecule has 0 atom stereocenters. The molecule has 0 spiro atoms. The first-order valence-corrected chi connectivity index (χ1v) is 5.53. The van der Waals surface area contributed by atoms with Crippen LogP contribution in [0.1, 0.15) is 21.5 Å². The van der Waals surface area contributed by atoms with Gasteiger partial charge >= 0.3 is 5.97 Å². The zero-order valence-corrected chi connectivity index (χ0v) is 10.1. The molecule has 0 aliphatic carbocycles. The second-order valence-corrected chi connectivity index (χ2v) is 4.11. The van der Waals surface area contributed by atoms with Crippen LogP contribution in [0.2, 0.25) is 0 Å². The summed E-state index contributed by atoms with van der Waals surface area (Å²) in [5.74, 6) is -2.19. The first kappa shape index (κ1) is 12.9. The molecule has 0 radical (unpaired) electrons. The molecule has 2 rings (SSSR count). The molecule has 0 unspecified atom stereocenters. The molecule has 0 amide bonds. The van der Waals surface area contributed by atoms with E-state index >= 15 is 0 Å². The Kier molecular flexibility index (Phi) is 3.41. The number of carboxylic acids is 1. The van der Waals surface area contributed by atoms with Gasteiger partial charge in [-0.2, -0.15) is 5.10 Å². The lowest BCUT2D eigenvalue weighted by molar-refractivity contribution is 0.0691. The third kappa shape index (κ3) is 2.67. The molecule has 0 fully saturated rings. The smallest absolute Gasteiger partial charge is 0.338 e. The van der Waals surface area contributed by atoms with Crippen molar-refractivity contribution >= 4 is 5.97 Å². The molecule has 0 saturated carbocycles. The van der Waals surface area contributed by atoms with Crippen molar-refractivity contribution in [2.24, 2.45) is 0 Å². The fourth-order valence-corrected chi connectivity index (χ4v) is 1.67. The number of aromatic carboxylic acids is 1. The number of aromatic nitrogens is 2.